The van der Waals surface area contributed by atoms with Gasteiger partial charge in [-0.3, -0.25) is 0 Å². The van der Waals surface area contributed by atoms with Gasteiger partial charge in [0.05, 0.1) is 15.7 Å². The number of benzene rings is 3. The lowest BCUT2D eigenvalue weighted by molar-refractivity contribution is 1.18. The third-order valence-electron chi connectivity index (χ3n) is 4.43. The number of nitrogens with zero attached hydrogens (tertiary/aromatic N) is 2. The van der Waals surface area contributed by atoms with E-state index >= 15 is 0 Å². The Labute approximate surface area is 172 Å². The Hall–Kier alpha value is -3.08. The van der Waals surface area contributed by atoms with E-state index in [0.717, 1.165) is 21.9 Å². The first-order valence-corrected chi connectivity index (χ1v) is 9.33. The average Bonchev–Trinajstić information content (AvgIpc) is 2.68. The maximum atomic E-state index is 6.18. The van der Waals surface area contributed by atoms with Crippen molar-refractivity contribution in [3.8, 4) is 11.1 Å². The molecular formula is C22H16Cl2N4. The van der Waals surface area contributed by atoms with Gasteiger partial charge in [-0.1, -0.05) is 77.8 Å². The molecule has 28 heavy (non-hydrogen) atoms. The Morgan fingerprint density at radius 2 is 1.57 bits per heavy atom. The van der Waals surface area contributed by atoms with Crippen LogP contribution in [0.4, 0.5) is 11.8 Å². The van der Waals surface area contributed by atoms with E-state index < -0.39 is 0 Å². The predicted molar refractivity (Wildman–Crippen MR) is 119 cm³/mol. The minimum absolute atomic E-state index is 0.110. The lowest BCUT2D eigenvalue weighted by atomic mass is 10.0. The molecule has 138 valence electrons. The van der Waals surface area contributed by atoms with Crippen LogP contribution in [0.1, 0.15) is 11.3 Å². The van der Waals surface area contributed by atoms with Gasteiger partial charge < -0.3 is 11.5 Å². The highest BCUT2D eigenvalue weighted by Gasteiger charge is 2.13. The van der Waals surface area contributed by atoms with Crippen molar-refractivity contribution >= 4 is 57.9 Å². The van der Waals surface area contributed by atoms with Crippen molar-refractivity contribution in [1.82, 2.24) is 9.97 Å². The molecule has 3 aromatic carbocycles. The molecule has 0 unspecified atom stereocenters. The molecule has 4 N–H and O–H groups in total. The highest BCUT2D eigenvalue weighted by atomic mass is 35.5. The molecule has 4 aromatic rings. The molecule has 1 heterocycles. The van der Waals surface area contributed by atoms with Gasteiger partial charge in [0.1, 0.15) is 5.82 Å². The van der Waals surface area contributed by atoms with Gasteiger partial charge in [0.15, 0.2) is 0 Å². The highest BCUT2D eigenvalue weighted by molar-refractivity contribution is 6.42. The summed E-state index contributed by atoms with van der Waals surface area (Å²) in [6, 6.07) is 19.6. The second-order valence-electron chi connectivity index (χ2n) is 6.26. The maximum Gasteiger partial charge on any atom is 0.222 e. The topological polar surface area (TPSA) is 77.8 Å². The molecule has 0 radical (unpaired) electrons. The number of rotatable bonds is 3. The van der Waals surface area contributed by atoms with Crippen molar-refractivity contribution in [2.24, 2.45) is 0 Å². The van der Waals surface area contributed by atoms with Crippen LogP contribution in [0.25, 0.3) is 34.1 Å². The van der Waals surface area contributed by atoms with Crippen molar-refractivity contribution in [1.29, 1.82) is 0 Å². The summed E-state index contributed by atoms with van der Waals surface area (Å²) in [6.07, 6.45) is 3.87. The number of halogens is 2. The van der Waals surface area contributed by atoms with Gasteiger partial charge in [0, 0.05) is 5.56 Å². The van der Waals surface area contributed by atoms with E-state index in [0.29, 0.717) is 21.3 Å². The second kappa shape index (κ2) is 7.50. The van der Waals surface area contributed by atoms with E-state index in [4.69, 9.17) is 34.7 Å². The van der Waals surface area contributed by atoms with Crippen LogP contribution in [0.15, 0.2) is 60.7 Å². The number of nitrogens with two attached hydrogens (primary N) is 2. The van der Waals surface area contributed by atoms with E-state index in [2.05, 4.69) is 28.2 Å². The molecule has 0 fully saturated rings. The van der Waals surface area contributed by atoms with Gasteiger partial charge in [-0.2, -0.15) is 4.98 Å². The summed E-state index contributed by atoms with van der Waals surface area (Å²) in [6.45, 7) is 0. The molecule has 0 atom stereocenters. The van der Waals surface area contributed by atoms with Crippen LogP contribution >= 0.6 is 23.2 Å². The molecule has 4 rings (SSSR count). The number of fused-ring (bicyclic) bond motifs is 1. The van der Waals surface area contributed by atoms with Crippen LogP contribution in [0.2, 0.25) is 10.0 Å². The van der Waals surface area contributed by atoms with Gasteiger partial charge in [-0.15, -0.1) is 0 Å². The Morgan fingerprint density at radius 3 is 2.39 bits per heavy atom. The van der Waals surface area contributed by atoms with Crippen molar-refractivity contribution in [3.63, 3.8) is 0 Å². The minimum Gasteiger partial charge on any atom is -0.383 e. The first-order valence-electron chi connectivity index (χ1n) is 8.57. The largest absolute Gasteiger partial charge is 0.383 e. The Morgan fingerprint density at radius 1 is 0.786 bits per heavy atom. The SMILES string of the molecule is Nc1nc(N)c(-c2ccc(Cl)c(Cl)c2)c(C=Cc2cccc3ccccc23)n1. The summed E-state index contributed by atoms with van der Waals surface area (Å²) in [7, 11) is 0. The van der Waals surface area contributed by atoms with E-state index in [-0.39, 0.29) is 11.8 Å². The molecular weight excluding hydrogens is 391 g/mol. The van der Waals surface area contributed by atoms with Crippen LogP contribution in [-0.2, 0) is 0 Å². The lowest BCUT2D eigenvalue weighted by Gasteiger charge is -2.11. The Balaban J connectivity index is 1.85. The van der Waals surface area contributed by atoms with Crippen LogP contribution in [0.5, 0.6) is 0 Å². The first kappa shape index (κ1) is 18.3. The molecule has 4 nitrogen and oxygen atoms in total. The van der Waals surface area contributed by atoms with Gasteiger partial charge >= 0.3 is 0 Å². The fourth-order valence-electron chi connectivity index (χ4n) is 3.15. The highest BCUT2D eigenvalue weighted by Crippen LogP contribution is 2.34. The molecule has 0 saturated carbocycles. The van der Waals surface area contributed by atoms with E-state index in [1.54, 1.807) is 12.1 Å². The third kappa shape index (κ3) is 3.52. The Bertz CT molecular complexity index is 1210. The smallest absolute Gasteiger partial charge is 0.222 e. The van der Waals surface area contributed by atoms with E-state index in [1.165, 1.54) is 0 Å². The monoisotopic (exact) mass is 406 g/mol. The quantitative estimate of drug-likeness (QED) is 0.441. The van der Waals surface area contributed by atoms with Crippen molar-refractivity contribution in [3.05, 3.63) is 82.0 Å². The number of aromatic nitrogens is 2. The molecule has 1 aromatic heterocycles. The van der Waals surface area contributed by atoms with E-state index in [1.807, 2.05) is 42.5 Å². The van der Waals surface area contributed by atoms with Gasteiger partial charge in [0.25, 0.3) is 0 Å². The summed E-state index contributed by atoms with van der Waals surface area (Å²) in [5.74, 6) is 0.391. The zero-order chi connectivity index (χ0) is 19.7. The minimum atomic E-state index is 0.110. The van der Waals surface area contributed by atoms with Crippen LogP contribution in [-0.4, -0.2) is 9.97 Å². The van der Waals surface area contributed by atoms with E-state index in [9.17, 15) is 0 Å². The first-order chi connectivity index (χ1) is 13.5. The normalized spacial score (nSPS) is 11.4. The van der Waals surface area contributed by atoms with Crippen molar-refractivity contribution in [2.45, 2.75) is 0 Å². The molecule has 0 amide bonds. The number of anilines is 2. The number of nitrogen functional groups attached to an aromatic ring is 2. The third-order valence-corrected chi connectivity index (χ3v) is 5.17. The van der Waals surface area contributed by atoms with Crippen molar-refractivity contribution in [2.75, 3.05) is 11.5 Å². The van der Waals surface area contributed by atoms with Crippen LogP contribution in [0.3, 0.4) is 0 Å². The summed E-state index contributed by atoms with van der Waals surface area (Å²) in [5, 5.41) is 3.20. The Kier molecular flexibility index (Phi) is 4.90. The zero-order valence-corrected chi connectivity index (χ0v) is 16.2. The molecule has 0 aliphatic rings. The van der Waals surface area contributed by atoms with Crippen molar-refractivity contribution < 1.29 is 0 Å². The summed E-state index contributed by atoms with van der Waals surface area (Å²) >= 11 is 12.2. The summed E-state index contributed by atoms with van der Waals surface area (Å²) in [5.41, 5.74) is 15.1. The number of hydrogen-bond donors (Lipinski definition) is 2. The van der Waals surface area contributed by atoms with Crippen LogP contribution < -0.4 is 11.5 Å². The maximum absolute atomic E-state index is 6.18. The lowest BCUT2D eigenvalue weighted by Crippen LogP contribution is -2.04. The fraction of sp³-hybridized carbons (Fsp3) is 0. The second-order valence-corrected chi connectivity index (χ2v) is 7.07. The van der Waals surface area contributed by atoms with Gasteiger partial charge in [-0.05, 0) is 40.1 Å². The van der Waals surface area contributed by atoms with Gasteiger partial charge in [0.2, 0.25) is 5.95 Å². The fourth-order valence-corrected chi connectivity index (χ4v) is 3.45. The molecule has 0 aliphatic heterocycles. The molecule has 0 saturated heterocycles. The molecule has 0 aliphatic carbocycles. The van der Waals surface area contributed by atoms with Gasteiger partial charge in [-0.25, -0.2) is 4.98 Å². The standard InChI is InChI=1S/C22H16Cl2N4/c23-17-10-8-15(12-18(17)24)20-19(27-22(26)28-21(20)25)11-9-14-6-3-5-13-4-1-2-7-16(13)14/h1-12H,(H4,25,26,27,28). The molecule has 0 bridgehead atoms. The molecule has 6 heteroatoms. The summed E-state index contributed by atoms with van der Waals surface area (Å²) < 4.78 is 0. The number of hydrogen-bond acceptors (Lipinski definition) is 4. The van der Waals surface area contributed by atoms with Crippen LogP contribution in [0, 0.1) is 0 Å². The molecule has 0 spiro atoms. The predicted octanol–water partition coefficient (Wildman–Crippen LogP) is 5.94. The zero-order valence-electron chi connectivity index (χ0n) is 14.7. The summed E-state index contributed by atoms with van der Waals surface area (Å²) in [4.78, 5) is 8.48. The average molecular weight is 407 g/mol.